The number of hydrogen-bond donors (Lipinski definition) is 1. The molecule has 0 aliphatic carbocycles. The number of phenolic OH excluding ortho intramolecular Hbond substituents is 1. The molecule has 0 saturated heterocycles. The average Bonchev–Trinajstić information content (AvgIpc) is 2.30. The summed E-state index contributed by atoms with van der Waals surface area (Å²) in [4.78, 5) is 24.4. The number of carbonyl (C=O) groups excluding carboxylic acids is 2. The Balaban J connectivity index is 3.01. The van der Waals surface area contributed by atoms with Crippen LogP contribution in [0.25, 0.3) is 0 Å². The second kappa shape index (κ2) is 5.94. The van der Waals surface area contributed by atoms with Gasteiger partial charge in [-0.1, -0.05) is 12.1 Å². The van der Waals surface area contributed by atoms with Gasteiger partial charge in [0.2, 0.25) is 0 Å². The summed E-state index contributed by atoms with van der Waals surface area (Å²) >= 11 is 0. The van der Waals surface area contributed by atoms with Crippen molar-refractivity contribution in [2.24, 2.45) is 0 Å². The zero-order valence-corrected chi connectivity index (χ0v) is 12.5. The van der Waals surface area contributed by atoms with E-state index in [0.717, 1.165) is 5.56 Å². The Labute approximate surface area is 119 Å². The van der Waals surface area contributed by atoms with Crippen LogP contribution >= 0.6 is 0 Å². The molecule has 5 nitrogen and oxygen atoms in total. The van der Waals surface area contributed by atoms with Gasteiger partial charge in [0.25, 0.3) is 0 Å². The number of rotatable bonds is 3. The molecule has 1 aromatic carbocycles. The SMILES string of the molecule is Cc1ccc(C(C=O)N(C)C(=O)OC(C)(C)C)c(O)c1. The lowest BCUT2D eigenvalue weighted by Crippen LogP contribution is -2.37. The lowest BCUT2D eigenvalue weighted by Gasteiger charge is -2.28. The van der Waals surface area contributed by atoms with Gasteiger partial charge >= 0.3 is 6.09 Å². The minimum atomic E-state index is -0.884. The molecule has 20 heavy (non-hydrogen) atoms. The molecule has 1 amide bonds. The number of aldehydes is 1. The maximum atomic E-state index is 12.0. The third-order valence-electron chi connectivity index (χ3n) is 2.73. The molecule has 0 bridgehead atoms. The Hall–Kier alpha value is -2.04. The Morgan fingerprint density at radius 2 is 2.00 bits per heavy atom. The van der Waals surface area contributed by atoms with Crippen molar-refractivity contribution in [2.75, 3.05) is 7.05 Å². The van der Waals surface area contributed by atoms with E-state index in [1.54, 1.807) is 39.0 Å². The van der Waals surface area contributed by atoms with Crippen molar-refractivity contribution in [3.63, 3.8) is 0 Å². The predicted molar refractivity (Wildman–Crippen MR) is 75.6 cm³/mol. The van der Waals surface area contributed by atoms with Crippen LogP contribution in [-0.4, -0.2) is 35.0 Å². The molecule has 1 atom stereocenters. The van der Waals surface area contributed by atoms with Crippen LogP contribution in [0.5, 0.6) is 5.75 Å². The number of hydrogen-bond acceptors (Lipinski definition) is 4. The minimum absolute atomic E-state index is 0.0162. The largest absolute Gasteiger partial charge is 0.508 e. The van der Waals surface area contributed by atoms with Crippen molar-refractivity contribution in [1.82, 2.24) is 4.90 Å². The van der Waals surface area contributed by atoms with Gasteiger partial charge in [0.1, 0.15) is 23.7 Å². The molecule has 1 N–H and O–H groups in total. The van der Waals surface area contributed by atoms with E-state index in [0.29, 0.717) is 11.8 Å². The Bertz CT molecular complexity index is 505. The lowest BCUT2D eigenvalue weighted by molar-refractivity contribution is -0.112. The fourth-order valence-electron chi connectivity index (χ4n) is 1.72. The molecule has 0 aromatic heterocycles. The fraction of sp³-hybridized carbons (Fsp3) is 0.467. The molecule has 110 valence electrons. The number of benzene rings is 1. The van der Waals surface area contributed by atoms with Crippen molar-refractivity contribution in [2.45, 2.75) is 39.3 Å². The predicted octanol–water partition coefficient (Wildman–Crippen LogP) is 2.81. The molecule has 0 spiro atoms. The number of nitrogens with zero attached hydrogens (tertiary/aromatic N) is 1. The number of aryl methyl sites for hydroxylation is 1. The van der Waals surface area contributed by atoms with Gasteiger partial charge in [0.05, 0.1) is 0 Å². The van der Waals surface area contributed by atoms with Gasteiger partial charge in [-0.05, 0) is 39.3 Å². The molecule has 1 unspecified atom stereocenters. The zero-order valence-electron chi connectivity index (χ0n) is 12.5. The zero-order chi connectivity index (χ0) is 15.5. The molecule has 1 rings (SSSR count). The summed E-state index contributed by atoms with van der Waals surface area (Å²) < 4.78 is 5.21. The number of likely N-dealkylation sites (N-methyl/N-ethyl adjacent to an activating group) is 1. The van der Waals surface area contributed by atoms with Gasteiger partial charge in [-0.3, -0.25) is 4.90 Å². The van der Waals surface area contributed by atoms with E-state index in [2.05, 4.69) is 0 Å². The third-order valence-corrected chi connectivity index (χ3v) is 2.73. The number of amides is 1. The first-order chi connectivity index (χ1) is 9.15. The summed E-state index contributed by atoms with van der Waals surface area (Å²) in [5, 5.41) is 9.92. The van der Waals surface area contributed by atoms with Crippen LogP contribution in [0.2, 0.25) is 0 Å². The first kappa shape index (κ1) is 16.0. The summed E-state index contributed by atoms with van der Waals surface area (Å²) in [5.74, 6) is -0.0162. The topological polar surface area (TPSA) is 66.8 Å². The van der Waals surface area contributed by atoms with Gasteiger partial charge in [-0.25, -0.2) is 4.79 Å². The van der Waals surface area contributed by atoms with Crippen LogP contribution in [0.4, 0.5) is 4.79 Å². The highest BCUT2D eigenvalue weighted by atomic mass is 16.6. The van der Waals surface area contributed by atoms with Crippen molar-refractivity contribution in [1.29, 1.82) is 0 Å². The standard InChI is InChI=1S/C15H21NO4/c1-10-6-7-11(13(18)8-10)12(9-17)16(5)14(19)20-15(2,3)4/h6-9,12,18H,1-5H3. The monoisotopic (exact) mass is 279 g/mol. The first-order valence-electron chi connectivity index (χ1n) is 6.36. The Morgan fingerprint density at radius 3 is 2.45 bits per heavy atom. The maximum Gasteiger partial charge on any atom is 0.410 e. The Morgan fingerprint density at radius 1 is 1.40 bits per heavy atom. The summed E-state index contributed by atoms with van der Waals surface area (Å²) in [6.07, 6.45) is -0.0107. The van der Waals surface area contributed by atoms with E-state index in [-0.39, 0.29) is 5.75 Å². The summed E-state index contributed by atoms with van der Waals surface area (Å²) in [7, 11) is 1.46. The molecule has 5 heteroatoms. The highest BCUT2D eigenvalue weighted by molar-refractivity contribution is 5.75. The molecular weight excluding hydrogens is 258 g/mol. The van der Waals surface area contributed by atoms with Crippen LogP contribution in [0, 0.1) is 6.92 Å². The van der Waals surface area contributed by atoms with Crippen LogP contribution < -0.4 is 0 Å². The van der Waals surface area contributed by atoms with Crippen LogP contribution in [-0.2, 0) is 9.53 Å². The summed E-state index contributed by atoms with van der Waals surface area (Å²) in [5.41, 5.74) is 0.600. The number of phenols is 1. The minimum Gasteiger partial charge on any atom is -0.508 e. The molecule has 1 aromatic rings. The molecule has 0 fully saturated rings. The number of ether oxygens (including phenoxy) is 1. The van der Waals surface area contributed by atoms with Crippen molar-refractivity contribution in [3.8, 4) is 5.75 Å². The highest BCUT2D eigenvalue weighted by Crippen LogP contribution is 2.28. The van der Waals surface area contributed by atoms with E-state index in [1.807, 2.05) is 6.92 Å². The van der Waals surface area contributed by atoms with E-state index >= 15 is 0 Å². The van der Waals surface area contributed by atoms with Crippen LogP contribution in [0.15, 0.2) is 18.2 Å². The molecular formula is C15H21NO4. The van der Waals surface area contributed by atoms with Crippen molar-refractivity contribution >= 4 is 12.4 Å². The molecule has 0 saturated carbocycles. The van der Waals surface area contributed by atoms with E-state index < -0.39 is 17.7 Å². The van der Waals surface area contributed by atoms with E-state index in [4.69, 9.17) is 4.74 Å². The molecule has 0 heterocycles. The van der Waals surface area contributed by atoms with E-state index in [9.17, 15) is 14.7 Å². The highest BCUT2D eigenvalue weighted by Gasteiger charge is 2.27. The number of aromatic hydroxyl groups is 1. The Kier molecular flexibility index (Phi) is 4.76. The lowest BCUT2D eigenvalue weighted by atomic mass is 10.0. The van der Waals surface area contributed by atoms with Crippen LogP contribution in [0.1, 0.15) is 37.9 Å². The molecule has 0 radical (unpaired) electrons. The summed E-state index contributed by atoms with van der Waals surface area (Å²) in [6.45, 7) is 7.07. The van der Waals surface area contributed by atoms with Gasteiger partial charge in [0, 0.05) is 12.6 Å². The quantitative estimate of drug-likeness (QED) is 0.864. The maximum absolute atomic E-state index is 12.0. The molecule has 0 aliphatic rings. The first-order valence-corrected chi connectivity index (χ1v) is 6.36. The van der Waals surface area contributed by atoms with E-state index in [1.165, 1.54) is 11.9 Å². The normalized spacial score (nSPS) is 12.7. The summed E-state index contributed by atoms with van der Waals surface area (Å²) in [6, 6.07) is 4.07. The third kappa shape index (κ3) is 3.98. The second-order valence-electron chi connectivity index (χ2n) is 5.73. The van der Waals surface area contributed by atoms with Gasteiger partial charge < -0.3 is 14.6 Å². The number of carbonyl (C=O) groups is 2. The smallest absolute Gasteiger partial charge is 0.410 e. The van der Waals surface area contributed by atoms with Gasteiger partial charge in [-0.15, -0.1) is 0 Å². The van der Waals surface area contributed by atoms with Crippen molar-refractivity contribution < 1.29 is 19.4 Å². The van der Waals surface area contributed by atoms with Gasteiger partial charge in [-0.2, -0.15) is 0 Å². The van der Waals surface area contributed by atoms with Gasteiger partial charge in [0.15, 0.2) is 0 Å². The van der Waals surface area contributed by atoms with Crippen molar-refractivity contribution in [3.05, 3.63) is 29.3 Å². The van der Waals surface area contributed by atoms with Crippen LogP contribution in [0.3, 0.4) is 0 Å². The fourth-order valence-corrected chi connectivity index (χ4v) is 1.72. The molecule has 0 aliphatic heterocycles. The average molecular weight is 279 g/mol. The second-order valence-corrected chi connectivity index (χ2v) is 5.73.